The first kappa shape index (κ1) is 23.0. The minimum Gasteiger partial charge on any atom is -0.497 e. The van der Waals surface area contributed by atoms with Crippen molar-refractivity contribution >= 4 is 17.5 Å². The highest BCUT2D eigenvalue weighted by Crippen LogP contribution is 2.33. The quantitative estimate of drug-likeness (QED) is 0.550. The number of aromatic amines is 1. The molecule has 1 heterocycles. The first-order valence-corrected chi connectivity index (χ1v) is 10.3. The summed E-state index contributed by atoms with van der Waals surface area (Å²) in [4.78, 5) is 28.4. The number of rotatable bonds is 8. The fourth-order valence-electron chi connectivity index (χ4n) is 3.23. The fourth-order valence-corrected chi connectivity index (χ4v) is 3.23. The number of nitrogens with zero attached hydrogens (tertiary/aromatic N) is 2. The van der Waals surface area contributed by atoms with Crippen molar-refractivity contribution in [3.63, 3.8) is 0 Å². The van der Waals surface area contributed by atoms with E-state index in [1.54, 1.807) is 30.3 Å². The van der Waals surface area contributed by atoms with Gasteiger partial charge in [0, 0.05) is 29.1 Å². The average Bonchev–Trinajstić information content (AvgIpc) is 3.32. The van der Waals surface area contributed by atoms with Gasteiger partial charge in [0.2, 0.25) is 5.91 Å². The second kappa shape index (κ2) is 9.64. The van der Waals surface area contributed by atoms with Crippen LogP contribution < -0.4 is 15.0 Å². The molecule has 1 unspecified atom stereocenters. The van der Waals surface area contributed by atoms with Crippen molar-refractivity contribution in [2.45, 2.75) is 38.8 Å². The standard InChI is InChI=1S/C24H27FN4O3/c1-5-24(2,3)27-22(30)21(18-11-6-7-12-19(18)25)29(23(31)20-13-14-26-28-20)16-9-8-10-17(15-16)32-4/h6-15,21H,5H2,1-4H3,(H,26,28)(H,27,30). The summed E-state index contributed by atoms with van der Waals surface area (Å²) in [5.41, 5.74) is 0.0588. The zero-order valence-corrected chi connectivity index (χ0v) is 18.6. The summed E-state index contributed by atoms with van der Waals surface area (Å²) in [6.45, 7) is 5.68. The smallest absolute Gasteiger partial charge is 0.277 e. The number of carbonyl (C=O) groups is 2. The van der Waals surface area contributed by atoms with E-state index in [1.807, 2.05) is 20.8 Å². The van der Waals surface area contributed by atoms with Crippen LogP contribution in [0.4, 0.5) is 10.1 Å². The Morgan fingerprint density at radius 1 is 1.19 bits per heavy atom. The van der Waals surface area contributed by atoms with Crippen molar-refractivity contribution in [1.82, 2.24) is 15.5 Å². The van der Waals surface area contributed by atoms with Crippen LogP contribution in [0.1, 0.15) is 49.3 Å². The number of halogens is 1. The van der Waals surface area contributed by atoms with Gasteiger partial charge in [-0.15, -0.1) is 0 Å². The van der Waals surface area contributed by atoms with Crippen molar-refractivity contribution < 1.29 is 18.7 Å². The van der Waals surface area contributed by atoms with Crippen LogP contribution in [0, 0.1) is 5.82 Å². The minimum atomic E-state index is -1.27. The zero-order valence-electron chi connectivity index (χ0n) is 18.6. The number of H-pyrrole nitrogens is 1. The van der Waals surface area contributed by atoms with Gasteiger partial charge in [-0.2, -0.15) is 5.10 Å². The van der Waals surface area contributed by atoms with E-state index in [0.29, 0.717) is 17.9 Å². The second-order valence-corrected chi connectivity index (χ2v) is 8.00. The fraction of sp³-hybridized carbons (Fsp3) is 0.292. The van der Waals surface area contributed by atoms with E-state index >= 15 is 0 Å². The molecular weight excluding hydrogens is 411 g/mol. The SMILES string of the molecule is CCC(C)(C)NC(=O)C(c1ccccc1F)N(C(=O)c1ccn[nH]1)c1cccc(OC)c1. The number of nitrogens with one attached hydrogen (secondary N) is 2. The molecule has 8 heteroatoms. The number of amides is 2. The molecule has 0 spiro atoms. The molecule has 32 heavy (non-hydrogen) atoms. The predicted octanol–water partition coefficient (Wildman–Crippen LogP) is 4.25. The molecular formula is C24H27FN4O3. The van der Waals surface area contributed by atoms with E-state index in [9.17, 15) is 14.0 Å². The van der Waals surface area contributed by atoms with Crippen LogP contribution in [-0.4, -0.2) is 34.7 Å². The molecule has 0 aliphatic heterocycles. The molecule has 0 aliphatic rings. The molecule has 0 bridgehead atoms. The van der Waals surface area contributed by atoms with Gasteiger partial charge < -0.3 is 10.1 Å². The molecule has 168 valence electrons. The van der Waals surface area contributed by atoms with E-state index in [0.717, 1.165) is 0 Å². The number of hydrogen-bond donors (Lipinski definition) is 2. The Labute approximate surface area is 186 Å². The second-order valence-electron chi connectivity index (χ2n) is 8.00. The Balaban J connectivity index is 2.21. The number of carbonyl (C=O) groups excluding carboxylic acids is 2. The van der Waals surface area contributed by atoms with Gasteiger partial charge in [-0.05, 0) is 44.5 Å². The topological polar surface area (TPSA) is 87.3 Å². The zero-order chi connectivity index (χ0) is 23.3. The maximum Gasteiger partial charge on any atom is 0.277 e. The molecule has 0 fully saturated rings. The van der Waals surface area contributed by atoms with Gasteiger partial charge in [-0.3, -0.25) is 19.6 Å². The molecule has 0 saturated carbocycles. The largest absolute Gasteiger partial charge is 0.497 e. The van der Waals surface area contributed by atoms with Crippen LogP contribution in [0.25, 0.3) is 0 Å². The molecule has 7 nitrogen and oxygen atoms in total. The molecule has 2 aromatic carbocycles. The summed E-state index contributed by atoms with van der Waals surface area (Å²) in [5.74, 6) is -1.13. The van der Waals surface area contributed by atoms with Gasteiger partial charge >= 0.3 is 0 Å². The van der Waals surface area contributed by atoms with Gasteiger partial charge in [0.25, 0.3) is 5.91 Å². The number of hydrogen-bond acceptors (Lipinski definition) is 4. The molecule has 1 aromatic heterocycles. The molecule has 2 N–H and O–H groups in total. The van der Waals surface area contributed by atoms with Crippen molar-refractivity contribution in [3.05, 3.63) is 77.9 Å². The average molecular weight is 439 g/mol. The summed E-state index contributed by atoms with van der Waals surface area (Å²) in [7, 11) is 1.50. The maximum absolute atomic E-state index is 15.0. The van der Waals surface area contributed by atoms with E-state index in [1.165, 1.54) is 42.5 Å². The third kappa shape index (κ3) is 4.96. The lowest BCUT2D eigenvalue weighted by atomic mass is 9.97. The van der Waals surface area contributed by atoms with Gasteiger partial charge in [0.15, 0.2) is 0 Å². The van der Waals surface area contributed by atoms with E-state index in [-0.39, 0.29) is 11.3 Å². The van der Waals surface area contributed by atoms with Gasteiger partial charge in [0.1, 0.15) is 23.3 Å². The van der Waals surface area contributed by atoms with Crippen LogP contribution >= 0.6 is 0 Å². The molecule has 2 amide bonds. The first-order valence-electron chi connectivity index (χ1n) is 10.3. The summed E-state index contributed by atoms with van der Waals surface area (Å²) < 4.78 is 20.3. The molecule has 0 radical (unpaired) electrons. The predicted molar refractivity (Wildman–Crippen MR) is 120 cm³/mol. The Morgan fingerprint density at radius 3 is 2.56 bits per heavy atom. The minimum absolute atomic E-state index is 0.0765. The van der Waals surface area contributed by atoms with Crippen LogP contribution in [-0.2, 0) is 4.79 Å². The molecule has 0 aliphatic carbocycles. The number of methoxy groups -OCH3 is 1. The highest BCUT2D eigenvalue weighted by molar-refractivity contribution is 6.09. The number of benzene rings is 2. The number of anilines is 1. The van der Waals surface area contributed by atoms with Crippen molar-refractivity contribution in [1.29, 1.82) is 0 Å². The van der Waals surface area contributed by atoms with Crippen molar-refractivity contribution in [2.75, 3.05) is 12.0 Å². The highest BCUT2D eigenvalue weighted by Gasteiger charge is 2.37. The first-order chi connectivity index (χ1) is 15.3. The maximum atomic E-state index is 15.0. The Hall–Kier alpha value is -3.68. The summed E-state index contributed by atoms with van der Waals surface area (Å²) in [6.07, 6.45) is 2.09. The van der Waals surface area contributed by atoms with Gasteiger partial charge in [0.05, 0.1) is 7.11 Å². The third-order valence-electron chi connectivity index (χ3n) is 5.33. The molecule has 0 saturated heterocycles. The van der Waals surface area contributed by atoms with Crippen LogP contribution in [0.2, 0.25) is 0 Å². The Kier molecular flexibility index (Phi) is 6.92. The van der Waals surface area contributed by atoms with Crippen LogP contribution in [0.3, 0.4) is 0 Å². The van der Waals surface area contributed by atoms with Crippen LogP contribution in [0.5, 0.6) is 5.75 Å². The molecule has 3 aromatic rings. The van der Waals surface area contributed by atoms with Crippen molar-refractivity contribution in [2.24, 2.45) is 0 Å². The summed E-state index contributed by atoms with van der Waals surface area (Å²) >= 11 is 0. The monoisotopic (exact) mass is 438 g/mol. The summed E-state index contributed by atoms with van der Waals surface area (Å²) in [6, 6.07) is 12.9. The Bertz CT molecular complexity index is 1080. The van der Waals surface area contributed by atoms with E-state index in [4.69, 9.17) is 4.74 Å². The highest BCUT2D eigenvalue weighted by atomic mass is 19.1. The third-order valence-corrected chi connectivity index (χ3v) is 5.33. The van der Waals surface area contributed by atoms with E-state index < -0.39 is 29.2 Å². The number of aromatic nitrogens is 2. The molecule has 3 rings (SSSR count). The van der Waals surface area contributed by atoms with Crippen LogP contribution in [0.15, 0.2) is 60.8 Å². The lowest BCUT2D eigenvalue weighted by Crippen LogP contribution is -2.50. The lowest BCUT2D eigenvalue weighted by molar-refractivity contribution is -0.124. The van der Waals surface area contributed by atoms with E-state index in [2.05, 4.69) is 15.5 Å². The van der Waals surface area contributed by atoms with Gasteiger partial charge in [-0.1, -0.05) is 31.2 Å². The summed E-state index contributed by atoms with van der Waals surface area (Å²) in [5, 5.41) is 9.44. The molecule has 1 atom stereocenters. The normalized spacial score (nSPS) is 12.2. The lowest BCUT2D eigenvalue weighted by Gasteiger charge is -2.34. The van der Waals surface area contributed by atoms with Crippen molar-refractivity contribution in [3.8, 4) is 5.75 Å². The Morgan fingerprint density at radius 2 is 1.94 bits per heavy atom. The number of ether oxygens (including phenoxy) is 1. The van der Waals surface area contributed by atoms with Gasteiger partial charge in [-0.25, -0.2) is 4.39 Å².